The highest BCUT2D eigenvalue weighted by Gasteiger charge is 2.32. The Labute approximate surface area is 149 Å². The summed E-state index contributed by atoms with van der Waals surface area (Å²) < 4.78 is 18.4. The van der Waals surface area contributed by atoms with Crippen LogP contribution in [0, 0.1) is 5.82 Å². The average molecular weight is 356 g/mol. The van der Waals surface area contributed by atoms with Crippen molar-refractivity contribution in [2.45, 2.75) is 12.5 Å². The van der Waals surface area contributed by atoms with Gasteiger partial charge in [0.15, 0.2) is 0 Å². The largest absolute Gasteiger partial charge is 0.453 e. The molecule has 0 bridgehead atoms. The topological polar surface area (TPSA) is 75.7 Å². The van der Waals surface area contributed by atoms with Crippen molar-refractivity contribution < 1.29 is 23.5 Å². The first-order valence-electron chi connectivity index (χ1n) is 8.03. The lowest BCUT2D eigenvalue weighted by Crippen LogP contribution is -2.35. The number of anilines is 1. The van der Waals surface area contributed by atoms with E-state index in [1.807, 2.05) is 0 Å². The molecule has 0 fully saturated rings. The predicted octanol–water partition coefficient (Wildman–Crippen LogP) is 2.52. The number of ether oxygens (including phenoxy) is 1. The second kappa shape index (κ2) is 7.35. The molecule has 26 heavy (non-hydrogen) atoms. The van der Waals surface area contributed by atoms with Crippen LogP contribution in [-0.2, 0) is 14.3 Å². The monoisotopic (exact) mass is 356 g/mol. The van der Waals surface area contributed by atoms with E-state index in [4.69, 9.17) is 4.74 Å². The van der Waals surface area contributed by atoms with Crippen LogP contribution in [0.4, 0.5) is 10.1 Å². The van der Waals surface area contributed by atoms with Crippen LogP contribution < -0.4 is 5.32 Å². The number of nitrogens with zero attached hydrogens (tertiary/aromatic N) is 1. The van der Waals surface area contributed by atoms with Crippen molar-refractivity contribution >= 4 is 23.5 Å². The van der Waals surface area contributed by atoms with Crippen LogP contribution in [0.5, 0.6) is 0 Å². The van der Waals surface area contributed by atoms with Gasteiger partial charge in [0.2, 0.25) is 11.8 Å². The predicted molar refractivity (Wildman–Crippen MR) is 91.9 cm³/mol. The van der Waals surface area contributed by atoms with Crippen molar-refractivity contribution in [3.63, 3.8) is 0 Å². The Morgan fingerprint density at radius 3 is 2.73 bits per heavy atom. The van der Waals surface area contributed by atoms with Gasteiger partial charge in [-0.15, -0.1) is 0 Å². The molecule has 1 N–H and O–H groups in total. The Morgan fingerprint density at radius 2 is 1.96 bits per heavy atom. The summed E-state index contributed by atoms with van der Waals surface area (Å²) in [5.74, 6) is -1.71. The zero-order valence-corrected chi connectivity index (χ0v) is 14.1. The van der Waals surface area contributed by atoms with Crippen molar-refractivity contribution in [2.75, 3.05) is 18.9 Å². The molecule has 0 saturated heterocycles. The van der Waals surface area contributed by atoms with Gasteiger partial charge < -0.3 is 15.0 Å². The number of carbonyl (C=O) groups is 3. The van der Waals surface area contributed by atoms with Crippen molar-refractivity contribution in [2.24, 2.45) is 0 Å². The number of fused-ring (bicyclic) bond motifs is 1. The highest BCUT2D eigenvalue weighted by atomic mass is 19.1. The maximum atomic E-state index is 13.1. The van der Waals surface area contributed by atoms with Crippen LogP contribution in [0.15, 0.2) is 48.5 Å². The molecule has 6 nitrogen and oxygen atoms in total. The highest BCUT2D eigenvalue weighted by molar-refractivity contribution is 5.96. The lowest BCUT2D eigenvalue weighted by molar-refractivity contribution is -0.135. The molecule has 134 valence electrons. The summed E-state index contributed by atoms with van der Waals surface area (Å²) in [7, 11) is 1.48. The lowest BCUT2D eigenvalue weighted by atomic mass is 10.0. The minimum absolute atomic E-state index is 0.0491. The van der Waals surface area contributed by atoms with Gasteiger partial charge >= 0.3 is 5.97 Å². The first-order chi connectivity index (χ1) is 12.4. The first kappa shape index (κ1) is 17.6. The number of rotatable bonds is 5. The molecule has 0 saturated carbocycles. The third-order valence-electron chi connectivity index (χ3n) is 4.05. The number of carbonyl (C=O) groups excluding carboxylic acids is 3. The molecular weight excluding hydrogens is 339 g/mol. The number of likely N-dealkylation sites (N-methyl/N-ethyl adjacent to an activating group) is 1. The van der Waals surface area contributed by atoms with E-state index in [0.29, 0.717) is 16.8 Å². The Morgan fingerprint density at radius 1 is 1.19 bits per heavy atom. The van der Waals surface area contributed by atoms with Gasteiger partial charge in [-0.1, -0.05) is 24.3 Å². The van der Waals surface area contributed by atoms with E-state index in [2.05, 4.69) is 5.32 Å². The molecule has 0 radical (unpaired) electrons. The number of benzene rings is 2. The van der Waals surface area contributed by atoms with Crippen molar-refractivity contribution in [1.29, 1.82) is 0 Å². The molecular formula is C19H17FN2O4. The Bertz CT molecular complexity index is 868. The SMILES string of the molecule is CN(CC(=O)Nc1cccc(F)c1)C(=O)C[C@@H]1OC(=O)c2ccccc21. The second-order valence-corrected chi connectivity index (χ2v) is 5.99. The number of nitrogens with one attached hydrogen (secondary N) is 1. The molecule has 1 aliphatic heterocycles. The average Bonchev–Trinajstić information content (AvgIpc) is 2.91. The molecule has 0 aliphatic carbocycles. The van der Waals surface area contributed by atoms with Crippen LogP contribution >= 0.6 is 0 Å². The Balaban J connectivity index is 1.57. The van der Waals surface area contributed by atoms with Gasteiger partial charge in [0, 0.05) is 18.3 Å². The van der Waals surface area contributed by atoms with Gasteiger partial charge in [0.05, 0.1) is 18.5 Å². The maximum absolute atomic E-state index is 13.1. The maximum Gasteiger partial charge on any atom is 0.339 e. The summed E-state index contributed by atoms with van der Waals surface area (Å²) in [6.07, 6.45) is -0.702. The van der Waals surface area contributed by atoms with Gasteiger partial charge in [-0.25, -0.2) is 9.18 Å². The number of amides is 2. The number of hydrogen-bond acceptors (Lipinski definition) is 4. The quantitative estimate of drug-likeness (QED) is 0.836. The molecule has 0 aromatic heterocycles. The van der Waals surface area contributed by atoms with Crippen LogP contribution in [0.3, 0.4) is 0 Å². The van der Waals surface area contributed by atoms with Gasteiger partial charge in [-0.2, -0.15) is 0 Å². The molecule has 0 unspecified atom stereocenters. The van der Waals surface area contributed by atoms with Crippen LogP contribution in [0.2, 0.25) is 0 Å². The summed E-state index contributed by atoms with van der Waals surface area (Å²) in [5.41, 5.74) is 1.44. The van der Waals surface area contributed by atoms with E-state index < -0.39 is 23.8 Å². The zero-order valence-electron chi connectivity index (χ0n) is 14.1. The number of cyclic esters (lactones) is 1. The van der Waals surface area contributed by atoms with Crippen LogP contribution in [0.1, 0.15) is 28.4 Å². The Kier molecular flexibility index (Phi) is 4.97. The third kappa shape index (κ3) is 3.88. The third-order valence-corrected chi connectivity index (χ3v) is 4.05. The van der Waals surface area contributed by atoms with Gasteiger partial charge in [-0.3, -0.25) is 9.59 Å². The smallest absolute Gasteiger partial charge is 0.339 e. The van der Waals surface area contributed by atoms with Gasteiger partial charge in [-0.05, 0) is 24.3 Å². The molecule has 2 aromatic carbocycles. The zero-order chi connectivity index (χ0) is 18.7. The van der Waals surface area contributed by atoms with E-state index >= 15 is 0 Å². The van der Waals surface area contributed by atoms with Crippen molar-refractivity contribution in [3.05, 3.63) is 65.5 Å². The molecule has 2 amide bonds. The first-order valence-corrected chi connectivity index (χ1v) is 8.03. The summed E-state index contributed by atoms with van der Waals surface area (Å²) >= 11 is 0. The molecule has 1 atom stereocenters. The number of hydrogen-bond donors (Lipinski definition) is 1. The lowest BCUT2D eigenvalue weighted by Gasteiger charge is -2.19. The van der Waals surface area contributed by atoms with Crippen molar-refractivity contribution in [3.8, 4) is 0 Å². The fraction of sp³-hybridized carbons (Fsp3) is 0.211. The molecule has 1 heterocycles. The number of esters is 1. The minimum Gasteiger partial charge on any atom is -0.453 e. The van der Waals surface area contributed by atoms with E-state index in [0.717, 1.165) is 0 Å². The van der Waals surface area contributed by atoms with Crippen LogP contribution in [0.25, 0.3) is 0 Å². The van der Waals surface area contributed by atoms with E-state index in [9.17, 15) is 18.8 Å². The van der Waals surface area contributed by atoms with Crippen LogP contribution in [-0.4, -0.2) is 36.3 Å². The fourth-order valence-electron chi connectivity index (χ4n) is 2.76. The molecule has 2 aromatic rings. The summed E-state index contributed by atoms with van der Waals surface area (Å²) in [4.78, 5) is 37.4. The standard InChI is InChI=1S/C19H17FN2O4/c1-22(11-17(23)21-13-6-4-5-12(20)9-13)18(24)10-16-14-7-2-3-8-15(14)19(25)26-16/h2-9,16H,10-11H2,1H3,(H,21,23)/t16-/m0/s1. The second-order valence-electron chi connectivity index (χ2n) is 5.99. The normalized spacial score (nSPS) is 15.2. The summed E-state index contributed by atoms with van der Waals surface area (Å²) in [6, 6.07) is 12.4. The van der Waals surface area contributed by atoms with Gasteiger partial charge in [0.1, 0.15) is 11.9 Å². The molecule has 1 aliphatic rings. The molecule has 7 heteroatoms. The minimum atomic E-state index is -0.653. The number of halogens is 1. The van der Waals surface area contributed by atoms with Crippen molar-refractivity contribution in [1.82, 2.24) is 4.90 Å². The fourth-order valence-corrected chi connectivity index (χ4v) is 2.76. The highest BCUT2D eigenvalue weighted by Crippen LogP contribution is 2.33. The Hall–Kier alpha value is -3.22. The van der Waals surface area contributed by atoms with Gasteiger partial charge in [0.25, 0.3) is 0 Å². The van der Waals surface area contributed by atoms with E-state index in [-0.39, 0.29) is 18.9 Å². The molecule has 3 rings (SSSR count). The van der Waals surface area contributed by atoms with E-state index in [1.54, 1.807) is 30.3 Å². The summed E-state index contributed by atoms with van der Waals surface area (Å²) in [5, 5.41) is 2.53. The summed E-state index contributed by atoms with van der Waals surface area (Å²) in [6.45, 7) is -0.197. The molecule has 0 spiro atoms. The van der Waals surface area contributed by atoms with E-state index in [1.165, 1.54) is 30.1 Å².